The van der Waals surface area contributed by atoms with Gasteiger partial charge in [-0.25, -0.2) is 0 Å². The minimum atomic E-state index is -0.365. The molecule has 2 aromatic carbocycles. The zero-order chi connectivity index (χ0) is 14.5. The predicted molar refractivity (Wildman–Crippen MR) is 90.7 cm³/mol. The van der Waals surface area contributed by atoms with Crippen LogP contribution in [0.2, 0.25) is 0 Å². The Balaban J connectivity index is 0.00000220. The minimum Gasteiger partial charge on any atom is -0.322 e. The second kappa shape index (κ2) is 9.04. The molecule has 0 saturated heterocycles. The number of hydrogen-bond donors (Lipinski definition) is 2. The van der Waals surface area contributed by atoms with Gasteiger partial charge in [-0.15, -0.1) is 24.8 Å². The SMILES string of the molecule is Cl.Cl.N#Cc1ccc([C@H](N)[C@@H](N)c2ccc(C#N)cc2)cc1. The molecule has 6 heteroatoms. The van der Waals surface area contributed by atoms with Crippen LogP contribution in [0, 0.1) is 22.7 Å². The lowest BCUT2D eigenvalue weighted by Gasteiger charge is -2.20. The fraction of sp³-hybridized carbons (Fsp3) is 0.125. The Morgan fingerprint density at radius 3 is 1.14 bits per heavy atom. The van der Waals surface area contributed by atoms with Gasteiger partial charge in [-0.2, -0.15) is 10.5 Å². The van der Waals surface area contributed by atoms with Crippen molar-refractivity contribution in [3.05, 3.63) is 70.8 Å². The van der Waals surface area contributed by atoms with Gasteiger partial charge in [-0.1, -0.05) is 24.3 Å². The third-order valence-electron chi connectivity index (χ3n) is 3.24. The Morgan fingerprint density at radius 1 is 0.636 bits per heavy atom. The van der Waals surface area contributed by atoms with Gasteiger partial charge in [-0.05, 0) is 35.4 Å². The first-order chi connectivity index (χ1) is 9.65. The van der Waals surface area contributed by atoms with E-state index in [1.807, 2.05) is 24.3 Å². The molecule has 2 atom stereocenters. The van der Waals surface area contributed by atoms with E-state index in [2.05, 4.69) is 12.1 Å². The van der Waals surface area contributed by atoms with Gasteiger partial charge in [-0.3, -0.25) is 0 Å². The van der Waals surface area contributed by atoms with Crippen LogP contribution in [0.25, 0.3) is 0 Å². The van der Waals surface area contributed by atoms with Crippen LogP contribution in [0.5, 0.6) is 0 Å². The number of hydrogen-bond acceptors (Lipinski definition) is 4. The molecule has 0 heterocycles. The summed E-state index contributed by atoms with van der Waals surface area (Å²) in [6.07, 6.45) is 0. The first kappa shape index (κ1) is 19.9. The number of nitrogens with two attached hydrogens (primary N) is 2. The molecule has 0 spiro atoms. The number of nitrogens with zero attached hydrogens (tertiary/aromatic N) is 2. The number of nitriles is 2. The minimum absolute atomic E-state index is 0. The monoisotopic (exact) mass is 334 g/mol. The molecular weight excluding hydrogens is 319 g/mol. The zero-order valence-corrected chi connectivity index (χ0v) is 13.3. The Kier molecular flexibility index (Phi) is 8.19. The van der Waals surface area contributed by atoms with E-state index in [0.717, 1.165) is 11.1 Å². The smallest absolute Gasteiger partial charge is 0.0991 e. The summed E-state index contributed by atoms with van der Waals surface area (Å²) in [4.78, 5) is 0. The van der Waals surface area contributed by atoms with Crippen LogP contribution in [0.3, 0.4) is 0 Å². The summed E-state index contributed by atoms with van der Waals surface area (Å²) in [7, 11) is 0. The highest BCUT2D eigenvalue weighted by atomic mass is 35.5. The molecule has 114 valence electrons. The third-order valence-corrected chi connectivity index (χ3v) is 3.24. The molecule has 2 rings (SSSR count). The molecule has 0 aliphatic carbocycles. The van der Waals surface area contributed by atoms with Crippen molar-refractivity contribution in [3.63, 3.8) is 0 Å². The van der Waals surface area contributed by atoms with Gasteiger partial charge >= 0.3 is 0 Å². The van der Waals surface area contributed by atoms with Gasteiger partial charge in [0.25, 0.3) is 0 Å². The molecule has 0 radical (unpaired) electrons. The Labute approximate surface area is 142 Å². The molecule has 0 bridgehead atoms. The van der Waals surface area contributed by atoms with E-state index in [1.165, 1.54) is 0 Å². The van der Waals surface area contributed by atoms with Crippen molar-refractivity contribution in [2.45, 2.75) is 12.1 Å². The number of rotatable bonds is 3. The van der Waals surface area contributed by atoms with Crippen LogP contribution < -0.4 is 11.5 Å². The van der Waals surface area contributed by atoms with Gasteiger partial charge in [0.15, 0.2) is 0 Å². The van der Waals surface area contributed by atoms with E-state index < -0.39 is 0 Å². The normalized spacial score (nSPS) is 11.8. The van der Waals surface area contributed by atoms with Gasteiger partial charge in [0.05, 0.1) is 23.3 Å². The molecule has 0 aliphatic rings. The van der Waals surface area contributed by atoms with E-state index in [-0.39, 0.29) is 36.9 Å². The highest BCUT2D eigenvalue weighted by Crippen LogP contribution is 2.25. The topological polar surface area (TPSA) is 99.6 Å². The second-order valence-electron chi connectivity index (χ2n) is 4.52. The summed E-state index contributed by atoms with van der Waals surface area (Å²) in [5.74, 6) is 0. The van der Waals surface area contributed by atoms with Gasteiger partial charge in [0.1, 0.15) is 0 Å². The predicted octanol–water partition coefficient (Wildman–Crippen LogP) is 2.97. The zero-order valence-electron chi connectivity index (χ0n) is 11.6. The Hall–Kier alpha value is -2.08. The summed E-state index contributed by atoms with van der Waals surface area (Å²) in [6.45, 7) is 0. The average Bonchev–Trinajstić information content (AvgIpc) is 2.53. The Morgan fingerprint density at radius 2 is 0.909 bits per heavy atom. The molecule has 4 N–H and O–H groups in total. The lowest BCUT2D eigenvalue weighted by atomic mass is 9.94. The van der Waals surface area contributed by atoms with Crippen LogP contribution in [0.4, 0.5) is 0 Å². The summed E-state index contributed by atoms with van der Waals surface area (Å²) in [5, 5.41) is 17.5. The lowest BCUT2D eigenvalue weighted by Crippen LogP contribution is -2.26. The van der Waals surface area contributed by atoms with Crippen molar-refractivity contribution in [3.8, 4) is 12.1 Å². The molecular formula is C16H16Cl2N4. The van der Waals surface area contributed by atoms with Crippen molar-refractivity contribution in [2.24, 2.45) is 11.5 Å². The highest BCUT2D eigenvalue weighted by molar-refractivity contribution is 5.85. The number of halogens is 2. The van der Waals surface area contributed by atoms with Crippen LogP contribution in [0.1, 0.15) is 34.3 Å². The first-order valence-corrected chi connectivity index (χ1v) is 6.17. The largest absolute Gasteiger partial charge is 0.322 e. The van der Waals surface area contributed by atoms with E-state index in [9.17, 15) is 0 Å². The van der Waals surface area contributed by atoms with Crippen molar-refractivity contribution in [1.29, 1.82) is 10.5 Å². The summed E-state index contributed by atoms with van der Waals surface area (Å²) in [5.41, 5.74) is 15.3. The molecule has 0 saturated carbocycles. The standard InChI is InChI=1S/C16H14N4.2ClH/c17-9-11-1-5-13(6-2-11)15(19)16(20)14-7-3-12(10-18)4-8-14;;/h1-8,15-16H,19-20H2;2*1H/t15-,16-;;/m0../s1. The summed E-state index contributed by atoms with van der Waals surface area (Å²) >= 11 is 0. The van der Waals surface area contributed by atoms with Crippen molar-refractivity contribution in [1.82, 2.24) is 0 Å². The quantitative estimate of drug-likeness (QED) is 0.900. The molecule has 22 heavy (non-hydrogen) atoms. The van der Waals surface area contributed by atoms with E-state index in [0.29, 0.717) is 11.1 Å². The highest BCUT2D eigenvalue weighted by Gasteiger charge is 2.17. The van der Waals surface area contributed by atoms with Crippen molar-refractivity contribution in [2.75, 3.05) is 0 Å². The third kappa shape index (κ3) is 4.46. The van der Waals surface area contributed by atoms with Gasteiger partial charge in [0, 0.05) is 12.1 Å². The maximum absolute atomic E-state index is 8.77. The van der Waals surface area contributed by atoms with E-state index in [4.69, 9.17) is 22.0 Å². The fourth-order valence-corrected chi connectivity index (χ4v) is 1.97. The molecule has 0 aromatic heterocycles. The van der Waals surface area contributed by atoms with Crippen molar-refractivity contribution < 1.29 is 0 Å². The maximum atomic E-state index is 8.77. The molecule has 2 aromatic rings. The van der Waals surface area contributed by atoms with Crippen LogP contribution in [0.15, 0.2) is 48.5 Å². The second-order valence-corrected chi connectivity index (χ2v) is 4.52. The fourth-order valence-electron chi connectivity index (χ4n) is 1.97. The summed E-state index contributed by atoms with van der Waals surface area (Å²) < 4.78 is 0. The first-order valence-electron chi connectivity index (χ1n) is 6.17. The maximum Gasteiger partial charge on any atom is 0.0991 e. The number of benzene rings is 2. The molecule has 0 aliphatic heterocycles. The summed E-state index contributed by atoms with van der Waals surface area (Å²) in [6, 6.07) is 17.5. The van der Waals surface area contributed by atoms with Crippen LogP contribution in [-0.2, 0) is 0 Å². The Bertz CT molecular complexity index is 608. The molecule has 4 nitrogen and oxygen atoms in total. The molecule has 0 unspecified atom stereocenters. The van der Waals surface area contributed by atoms with Crippen LogP contribution in [-0.4, -0.2) is 0 Å². The van der Waals surface area contributed by atoms with Gasteiger partial charge < -0.3 is 11.5 Å². The van der Waals surface area contributed by atoms with Gasteiger partial charge in [0.2, 0.25) is 0 Å². The van der Waals surface area contributed by atoms with E-state index in [1.54, 1.807) is 24.3 Å². The molecule has 0 amide bonds. The average molecular weight is 335 g/mol. The lowest BCUT2D eigenvalue weighted by molar-refractivity contribution is 0.574. The van der Waals surface area contributed by atoms with Crippen LogP contribution >= 0.6 is 24.8 Å². The van der Waals surface area contributed by atoms with Crippen molar-refractivity contribution >= 4 is 24.8 Å². The molecule has 0 fully saturated rings. The van der Waals surface area contributed by atoms with E-state index >= 15 is 0 Å².